The topological polar surface area (TPSA) is 105 Å². The lowest BCUT2D eigenvalue weighted by atomic mass is 9.85. The van der Waals surface area contributed by atoms with Crippen molar-refractivity contribution < 1.29 is 41.8 Å². The molecule has 1 heterocycles. The van der Waals surface area contributed by atoms with Crippen LogP contribution in [0.5, 0.6) is 0 Å². The average Bonchev–Trinajstić information content (AvgIpc) is 4.02. The van der Waals surface area contributed by atoms with Crippen LogP contribution in [-0.2, 0) is 36.7 Å². The molecule has 1 aliphatic heterocycles. The molecule has 1 saturated heterocycles. The molecule has 72 heavy (non-hydrogen) atoms. The fraction of sp³-hybridized carbons (Fsp3) is 0.847. The van der Waals surface area contributed by atoms with E-state index in [1.807, 2.05) is 19.9 Å². The van der Waals surface area contributed by atoms with Crippen molar-refractivity contribution in [3.63, 3.8) is 0 Å². The van der Waals surface area contributed by atoms with Gasteiger partial charge in [-0.1, -0.05) is 147 Å². The molecule has 422 valence electrons. The van der Waals surface area contributed by atoms with Crippen molar-refractivity contribution in [3.05, 3.63) is 47.6 Å². The van der Waals surface area contributed by atoms with Crippen LogP contribution in [0.1, 0.15) is 164 Å². The molecule has 0 spiro atoms. The summed E-state index contributed by atoms with van der Waals surface area (Å²) >= 11 is 0. The molecule has 1 aliphatic rings. The molecule has 0 aromatic rings. The zero-order valence-corrected chi connectivity index (χ0v) is 56.1. The molecule has 0 bridgehead atoms. The van der Waals surface area contributed by atoms with Gasteiger partial charge in [-0.2, -0.15) is 0 Å². The zero-order chi connectivity index (χ0) is 56.4. The third-order valence-electron chi connectivity index (χ3n) is 17.7. The van der Waals surface area contributed by atoms with Crippen molar-refractivity contribution in [3.8, 4) is 0 Å². The Hall–Kier alpha value is -0.982. The van der Waals surface area contributed by atoms with Gasteiger partial charge in [-0.15, -0.1) is 0 Å². The van der Waals surface area contributed by atoms with Crippen LogP contribution in [0.2, 0.25) is 72.5 Å². The van der Waals surface area contributed by atoms with Crippen LogP contribution >= 0.6 is 0 Å². The lowest BCUT2D eigenvalue weighted by Gasteiger charge is -2.47. The summed E-state index contributed by atoms with van der Waals surface area (Å²) in [5.41, 5.74) is 1.56. The Morgan fingerprint density at radius 3 is 1.54 bits per heavy atom. The van der Waals surface area contributed by atoms with Crippen molar-refractivity contribution in [1.29, 1.82) is 0 Å². The SMILES string of the molecule is CCOC(=O)/C(C)=C/C(C)=C/[C@@H](C)[C@H](O[Si](C)(C)C(C)(C)C)[C@@H]1O[C@H]1[C@@H](C/C=C/C[C@H](O)[C@@H](C)C/C=C/C[C@H](O[Si](C)(C)C(C)(C)C)[C@@H](C)[C@@H](O[Si](C)(C)C(C)(C)C)[C@H](C)[C@H](C)OC)O[Si](C)(C)C(C)(C)C. The molecule has 0 saturated carbocycles. The molecular formula is C59H116O9Si4. The number of carbonyl (C=O) groups is 1. The number of hydrogen-bond acceptors (Lipinski definition) is 9. The van der Waals surface area contributed by atoms with Crippen LogP contribution in [0.25, 0.3) is 0 Å². The Morgan fingerprint density at radius 2 is 1.06 bits per heavy atom. The molecule has 13 heteroatoms. The normalized spacial score (nSPS) is 21.8. The van der Waals surface area contributed by atoms with E-state index in [1.165, 1.54) is 0 Å². The highest BCUT2D eigenvalue weighted by Gasteiger charge is 2.56. The molecule has 1 fully saturated rings. The van der Waals surface area contributed by atoms with Crippen LogP contribution in [0, 0.1) is 23.7 Å². The van der Waals surface area contributed by atoms with Gasteiger partial charge < -0.3 is 37.0 Å². The van der Waals surface area contributed by atoms with Gasteiger partial charge in [0.05, 0.1) is 43.2 Å². The van der Waals surface area contributed by atoms with Crippen LogP contribution in [0.3, 0.4) is 0 Å². The second-order valence-electron chi connectivity index (χ2n) is 28.0. The molecule has 0 unspecified atom stereocenters. The Morgan fingerprint density at radius 1 is 0.611 bits per heavy atom. The van der Waals surface area contributed by atoms with Crippen molar-refractivity contribution in [2.45, 2.75) is 286 Å². The van der Waals surface area contributed by atoms with E-state index in [0.717, 1.165) is 18.4 Å². The zero-order valence-electron chi connectivity index (χ0n) is 52.1. The van der Waals surface area contributed by atoms with Crippen molar-refractivity contribution in [1.82, 2.24) is 0 Å². The molecule has 0 aromatic heterocycles. The first-order valence-corrected chi connectivity index (χ1v) is 39.4. The third-order valence-corrected chi connectivity index (χ3v) is 35.6. The predicted molar refractivity (Wildman–Crippen MR) is 317 cm³/mol. The average molecular weight is 1080 g/mol. The quantitative estimate of drug-likeness (QED) is 0.0196. The lowest BCUT2D eigenvalue weighted by molar-refractivity contribution is -0.138. The number of epoxide rings is 1. The number of allylic oxidation sites excluding steroid dienone is 3. The number of ether oxygens (including phenoxy) is 3. The Balaban J connectivity index is 3.42. The van der Waals surface area contributed by atoms with Gasteiger partial charge in [-0.3, -0.25) is 0 Å². The first-order valence-electron chi connectivity index (χ1n) is 27.8. The molecule has 12 atom stereocenters. The van der Waals surface area contributed by atoms with Gasteiger partial charge >= 0.3 is 5.97 Å². The van der Waals surface area contributed by atoms with Crippen LogP contribution in [0.15, 0.2) is 47.6 Å². The van der Waals surface area contributed by atoms with Gasteiger partial charge in [0, 0.05) is 30.4 Å². The summed E-state index contributed by atoms with van der Waals surface area (Å²) in [5, 5.41) is 11.7. The van der Waals surface area contributed by atoms with Crippen molar-refractivity contribution in [2.24, 2.45) is 23.7 Å². The molecule has 1 rings (SSSR count). The summed E-state index contributed by atoms with van der Waals surface area (Å²) in [4.78, 5) is 12.5. The number of aliphatic hydroxyl groups is 1. The van der Waals surface area contributed by atoms with E-state index in [0.29, 0.717) is 25.0 Å². The van der Waals surface area contributed by atoms with Crippen LogP contribution < -0.4 is 0 Å². The van der Waals surface area contributed by atoms with Crippen molar-refractivity contribution in [2.75, 3.05) is 13.7 Å². The van der Waals surface area contributed by atoms with Crippen LogP contribution in [-0.4, -0.2) is 107 Å². The van der Waals surface area contributed by atoms with Crippen LogP contribution in [0.4, 0.5) is 0 Å². The minimum Gasteiger partial charge on any atom is -0.463 e. The standard InChI is InChI=1S/C59H116O9Si4/c1-30-63-55(61)44(5)40-41(2)39-43(4)51(67-71(26,27)58(15,16)17)54-53(64-54)50(66-70(24,25)57(12,13)14)38-34-32-36-48(60)42(3)35-31-33-37-49(65-69(22,23)56(9,10)11)46(7)52(45(6)47(8)62-21)68-72(28,29)59(18,19)20/h31-34,39-40,42-43,45-54,60H,30,35-38H2,1-29H3/b33-31+,34-32+,41-39+,44-40+/t42-,43+,45+,46+,47-,48-,49-,50+,51-,52-,53-,54-/m0/s1. The highest BCUT2D eigenvalue weighted by atomic mass is 28.4. The molecule has 0 aromatic carbocycles. The predicted octanol–water partition coefficient (Wildman–Crippen LogP) is 16.4. The van der Waals surface area contributed by atoms with E-state index in [-0.39, 0.29) is 92.5 Å². The van der Waals surface area contributed by atoms with E-state index in [4.69, 9.17) is 31.9 Å². The van der Waals surface area contributed by atoms with Gasteiger partial charge in [0.2, 0.25) is 0 Å². The van der Waals surface area contributed by atoms with Gasteiger partial charge in [0.1, 0.15) is 12.2 Å². The lowest BCUT2D eigenvalue weighted by Crippen LogP contribution is -2.53. The first kappa shape index (κ1) is 69.0. The Kier molecular flexibility index (Phi) is 26.4. The largest absolute Gasteiger partial charge is 0.463 e. The number of methoxy groups -OCH3 is 1. The minimum absolute atomic E-state index is 0.00755. The molecule has 0 amide bonds. The molecule has 9 nitrogen and oxygen atoms in total. The highest BCUT2D eigenvalue weighted by molar-refractivity contribution is 6.75. The Labute approximate surface area is 449 Å². The monoisotopic (exact) mass is 1080 g/mol. The summed E-state index contributed by atoms with van der Waals surface area (Å²) in [6, 6.07) is 0. The van der Waals surface area contributed by atoms with E-state index in [9.17, 15) is 9.90 Å². The number of esters is 1. The summed E-state index contributed by atoms with van der Waals surface area (Å²) in [5.74, 6) is 0.0998. The maximum atomic E-state index is 12.5. The number of aliphatic hydroxyl groups excluding tert-OH is 1. The van der Waals surface area contributed by atoms with E-state index in [2.05, 4.69) is 200 Å². The van der Waals surface area contributed by atoms with E-state index >= 15 is 0 Å². The van der Waals surface area contributed by atoms with Gasteiger partial charge in [0.25, 0.3) is 0 Å². The van der Waals surface area contributed by atoms with Gasteiger partial charge in [-0.05, 0) is 138 Å². The second-order valence-corrected chi connectivity index (χ2v) is 47.0. The summed E-state index contributed by atoms with van der Waals surface area (Å²) < 4.78 is 46.9. The minimum atomic E-state index is -2.22. The molecule has 0 radical (unpaired) electrons. The maximum Gasteiger partial charge on any atom is 0.333 e. The first-order chi connectivity index (χ1) is 32.4. The van der Waals surface area contributed by atoms with Gasteiger partial charge in [0.15, 0.2) is 33.3 Å². The molecule has 1 N–H and O–H groups in total. The fourth-order valence-electron chi connectivity index (χ4n) is 7.92. The number of rotatable bonds is 29. The fourth-order valence-corrected chi connectivity index (χ4v) is 13.5. The van der Waals surface area contributed by atoms with E-state index < -0.39 is 39.4 Å². The molecule has 0 aliphatic carbocycles. The summed E-state index contributed by atoms with van der Waals surface area (Å²) in [6.07, 6.45) is 14.7. The summed E-state index contributed by atoms with van der Waals surface area (Å²) in [7, 11) is -6.88. The van der Waals surface area contributed by atoms with Crippen molar-refractivity contribution >= 4 is 39.2 Å². The number of hydrogen-bond donors (Lipinski definition) is 1. The number of carbonyl (C=O) groups excluding carboxylic acids is 1. The smallest absolute Gasteiger partial charge is 0.333 e. The summed E-state index contributed by atoms with van der Waals surface area (Å²) in [6.45, 7) is 63.3. The maximum absolute atomic E-state index is 12.5. The molecular weight excluding hydrogens is 965 g/mol. The van der Waals surface area contributed by atoms with Gasteiger partial charge in [-0.25, -0.2) is 4.79 Å². The second kappa shape index (κ2) is 27.6. The third kappa shape index (κ3) is 20.8. The van der Waals surface area contributed by atoms with E-state index in [1.54, 1.807) is 14.0 Å². The highest BCUT2D eigenvalue weighted by Crippen LogP contribution is 2.47. The Bertz CT molecular complexity index is 1770.